The quantitative estimate of drug-likeness (QED) is 0.645. The second-order valence-electron chi connectivity index (χ2n) is 2.92. The molecular formula is C10H7FN2O. The highest BCUT2D eigenvalue weighted by atomic mass is 19.1. The molecule has 4 heteroatoms. The van der Waals surface area contributed by atoms with Crippen LogP contribution in [0, 0.1) is 5.95 Å². The monoisotopic (exact) mass is 190 g/mol. The second kappa shape index (κ2) is 3.14. The number of hydrogen-bond donors (Lipinski definition) is 0. The van der Waals surface area contributed by atoms with E-state index in [2.05, 4.69) is 9.97 Å². The van der Waals surface area contributed by atoms with E-state index in [0.717, 1.165) is 6.20 Å². The Hall–Kier alpha value is -1.84. The van der Waals surface area contributed by atoms with Crippen molar-refractivity contribution in [3.8, 4) is 0 Å². The van der Waals surface area contributed by atoms with Gasteiger partial charge >= 0.3 is 0 Å². The van der Waals surface area contributed by atoms with Gasteiger partial charge < -0.3 is 0 Å². The third-order valence-electron chi connectivity index (χ3n) is 1.92. The molecule has 2 rings (SSSR count). The van der Waals surface area contributed by atoms with Gasteiger partial charge in [-0.05, 0) is 19.1 Å². The standard InChI is InChI=1S/C10H7FN2O/c1-6(14)7-3-2-4-8-10(7)13-9(11)5-12-8/h2-5H,1H3. The number of carbonyl (C=O) groups excluding carboxylic acids is 1. The number of para-hydroxylation sites is 1. The van der Waals surface area contributed by atoms with Gasteiger partial charge in [-0.2, -0.15) is 4.39 Å². The van der Waals surface area contributed by atoms with E-state index in [-0.39, 0.29) is 5.78 Å². The smallest absolute Gasteiger partial charge is 0.231 e. The number of fused-ring (bicyclic) bond motifs is 1. The van der Waals surface area contributed by atoms with E-state index in [1.807, 2.05) is 0 Å². The minimum absolute atomic E-state index is 0.143. The van der Waals surface area contributed by atoms with Gasteiger partial charge in [0.25, 0.3) is 0 Å². The molecule has 70 valence electrons. The number of Topliss-reactive ketones (excluding diaryl/α,β-unsaturated/α-hetero) is 1. The van der Waals surface area contributed by atoms with Crippen LogP contribution in [0.5, 0.6) is 0 Å². The first-order valence-electron chi connectivity index (χ1n) is 4.10. The molecule has 0 radical (unpaired) electrons. The molecule has 0 atom stereocenters. The first-order chi connectivity index (χ1) is 6.68. The molecule has 0 fully saturated rings. The molecule has 0 unspecified atom stereocenters. The van der Waals surface area contributed by atoms with Crippen molar-refractivity contribution in [2.24, 2.45) is 0 Å². The van der Waals surface area contributed by atoms with Crippen molar-refractivity contribution < 1.29 is 9.18 Å². The van der Waals surface area contributed by atoms with Crippen LogP contribution in [0.4, 0.5) is 4.39 Å². The van der Waals surface area contributed by atoms with Crippen LogP contribution in [0.25, 0.3) is 11.0 Å². The summed E-state index contributed by atoms with van der Waals surface area (Å²) < 4.78 is 12.8. The Balaban J connectivity index is 2.84. The number of ketones is 1. The minimum Gasteiger partial charge on any atom is -0.294 e. The molecule has 3 nitrogen and oxygen atoms in total. The third kappa shape index (κ3) is 1.35. The summed E-state index contributed by atoms with van der Waals surface area (Å²) in [7, 11) is 0. The lowest BCUT2D eigenvalue weighted by Crippen LogP contribution is -1.97. The number of rotatable bonds is 1. The molecule has 0 aliphatic rings. The summed E-state index contributed by atoms with van der Waals surface area (Å²) in [6, 6.07) is 5.00. The molecule has 1 heterocycles. The Kier molecular flexibility index (Phi) is 1.96. The molecule has 0 amide bonds. The largest absolute Gasteiger partial charge is 0.294 e. The van der Waals surface area contributed by atoms with E-state index in [1.54, 1.807) is 18.2 Å². The van der Waals surface area contributed by atoms with Gasteiger partial charge in [0.1, 0.15) is 5.52 Å². The van der Waals surface area contributed by atoms with E-state index in [1.165, 1.54) is 6.92 Å². The topological polar surface area (TPSA) is 42.9 Å². The average molecular weight is 190 g/mol. The van der Waals surface area contributed by atoms with Crippen molar-refractivity contribution in [1.29, 1.82) is 0 Å². The first kappa shape index (κ1) is 8.74. The predicted octanol–water partition coefficient (Wildman–Crippen LogP) is 1.97. The zero-order valence-electron chi connectivity index (χ0n) is 7.49. The molecular weight excluding hydrogens is 183 g/mol. The maximum atomic E-state index is 12.8. The molecule has 0 saturated heterocycles. The van der Waals surface area contributed by atoms with Crippen LogP contribution in [-0.2, 0) is 0 Å². The molecule has 2 aromatic rings. The highest BCUT2D eigenvalue weighted by Crippen LogP contribution is 2.14. The Bertz CT molecular complexity index is 510. The van der Waals surface area contributed by atoms with Crippen LogP contribution in [0.1, 0.15) is 17.3 Å². The Morgan fingerprint density at radius 1 is 1.43 bits per heavy atom. The number of halogens is 1. The summed E-state index contributed by atoms with van der Waals surface area (Å²) in [5.41, 5.74) is 1.24. The van der Waals surface area contributed by atoms with Crippen LogP contribution >= 0.6 is 0 Å². The summed E-state index contributed by atoms with van der Waals surface area (Å²) in [5.74, 6) is -0.818. The van der Waals surface area contributed by atoms with E-state index >= 15 is 0 Å². The lowest BCUT2D eigenvalue weighted by atomic mass is 10.1. The van der Waals surface area contributed by atoms with E-state index in [0.29, 0.717) is 16.6 Å². The van der Waals surface area contributed by atoms with Crippen molar-refractivity contribution in [2.75, 3.05) is 0 Å². The fourth-order valence-electron chi connectivity index (χ4n) is 1.30. The van der Waals surface area contributed by atoms with Crippen molar-refractivity contribution >= 4 is 16.8 Å². The Morgan fingerprint density at radius 2 is 2.21 bits per heavy atom. The van der Waals surface area contributed by atoms with E-state index in [4.69, 9.17) is 0 Å². The molecule has 0 bridgehead atoms. The molecule has 1 aromatic heterocycles. The van der Waals surface area contributed by atoms with Gasteiger partial charge in [-0.15, -0.1) is 0 Å². The maximum Gasteiger partial charge on any atom is 0.231 e. The van der Waals surface area contributed by atoms with Gasteiger partial charge in [0.2, 0.25) is 5.95 Å². The molecule has 14 heavy (non-hydrogen) atoms. The van der Waals surface area contributed by atoms with Gasteiger partial charge in [-0.3, -0.25) is 4.79 Å². The van der Waals surface area contributed by atoms with Gasteiger partial charge in [-0.1, -0.05) is 6.07 Å². The van der Waals surface area contributed by atoms with Crippen molar-refractivity contribution in [3.05, 3.63) is 35.9 Å². The summed E-state index contributed by atoms with van der Waals surface area (Å²) in [5, 5.41) is 0. The first-order valence-corrected chi connectivity index (χ1v) is 4.10. The zero-order chi connectivity index (χ0) is 10.1. The van der Waals surface area contributed by atoms with Crippen LogP contribution in [0.15, 0.2) is 24.4 Å². The summed E-state index contributed by atoms with van der Waals surface area (Å²) in [4.78, 5) is 18.7. The number of carbonyl (C=O) groups is 1. The van der Waals surface area contributed by atoms with Gasteiger partial charge in [0, 0.05) is 5.56 Å². The predicted molar refractivity (Wildman–Crippen MR) is 49.5 cm³/mol. The van der Waals surface area contributed by atoms with Gasteiger partial charge in [0.05, 0.1) is 11.7 Å². The normalized spacial score (nSPS) is 10.4. The SMILES string of the molecule is CC(=O)c1cccc2ncc(F)nc12. The summed E-state index contributed by atoms with van der Waals surface area (Å²) in [6.07, 6.45) is 1.03. The number of aromatic nitrogens is 2. The fraction of sp³-hybridized carbons (Fsp3) is 0.100. The van der Waals surface area contributed by atoms with Gasteiger partial charge in [-0.25, -0.2) is 9.97 Å². The lowest BCUT2D eigenvalue weighted by Gasteiger charge is -2.00. The number of nitrogens with zero attached hydrogens (tertiary/aromatic N) is 2. The molecule has 0 aliphatic carbocycles. The number of benzene rings is 1. The highest BCUT2D eigenvalue weighted by molar-refractivity contribution is 6.04. The van der Waals surface area contributed by atoms with Crippen LogP contribution in [-0.4, -0.2) is 15.8 Å². The highest BCUT2D eigenvalue weighted by Gasteiger charge is 2.07. The molecule has 0 spiro atoms. The fourth-order valence-corrected chi connectivity index (χ4v) is 1.30. The molecule has 0 N–H and O–H groups in total. The second-order valence-corrected chi connectivity index (χ2v) is 2.92. The average Bonchev–Trinajstić information content (AvgIpc) is 2.16. The van der Waals surface area contributed by atoms with Crippen LogP contribution in [0.3, 0.4) is 0 Å². The molecule has 0 saturated carbocycles. The number of hydrogen-bond acceptors (Lipinski definition) is 3. The molecule has 1 aromatic carbocycles. The summed E-state index contributed by atoms with van der Waals surface area (Å²) in [6.45, 7) is 1.42. The van der Waals surface area contributed by atoms with E-state index in [9.17, 15) is 9.18 Å². The summed E-state index contributed by atoms with van der Waals surface area (Å²) >= 11 is 0. The lowest BCUT2D eigenvalue weighted by molar-refractivity contribution is 0.101. The van der Waals surface area contributed by atoms with Crippen molar-refractivity contribution in [1.82, 2.24) is 9.97 Å². The van der Waals surface area contributed by atoms with E-state index < -0.39 is 5.95 Å². The Morgan fingerprint density at radius 3 is 2.93 bits per heavy atom. The van der Waals surface area contributed by atoms with Gasteiger partial charge in [0.15, 0.2) is 5.78 Å². The van der Waals surface area contributed by atoms with Crippen LogP contribution in [0.2, 0.25) is 0 Å². The zero-order valence-corrected chi connectivity index (χ0v) is 7.49. The maximum absolute atomic E-state index is 12.8. The van der Waals surface area contributed by atoms with Crippen LogP contribution < -0.4 is 0 Å². The molecule has 0 aliphatic heterocycles. The van der Waals surface area contributed by atoms with Crippen molar-refractivity contribution in [3.63, 3.8) is 0 Å². The van der Waals surface area contributed by atoms with Crippen molar-refractivity contribution in [2.45, 2.75) is 6.92 Å². The minimum atomic E-state index is -0.675. The third-order valence-corrected chi connectivity index (χ3v) is 1.92. The Labute approximate surface area is 79.6 Å².